The van der Waals surface area contributed by atoms with Gasteiger partial charge in [0.15, 0.2) is 0 Å². The van der Waals surface area contributed by atoms with Crippen molar-refractivity contribution in [1.82, 2.24) is 9.71 Å². The number of aromatic nitrogens is 1. The minimum absolute atomic E-state index is 0.0423. The van der Waals surface area contributed by atoms with Crippen LogP contribution in [0.3, 0.4) is 0 Å². The van der Waals surface area contributed by atoms with Gasteiger partial charge in [0.25, 0.3) is 0 Å². The molecule has 0 aromatic carbocycles. The minimum Gasteiger partial charge on any atom is -0.393 e. The van der Waals surface area contributed by atoms with Crippen molar-refractivity contribution >= 4 is 10.0 Å². The molecule has 1 aliphatic rings. The molecule has 0 saturated heterocycles. The molecule has 0 bridgehead atoms. The van der Waals surface area contributed by atoms with E-state index in [1.807, 2.05) is 0 Å². The van der Waals surface area contributed by atoms with Gasteiger partial charge in [-0.05, 0) is 31.2 Å². The van der Waals surface area contributed by atoms with Crippen LogP contribution in [0, 0.1) is 5.92 Å². The van der Waals surface area contributed by atoms with E-state index in [0.29, 0.717) is 13.0 Å². The maximum absolute atomic E-state index is 11.9. The second-order valence-corrected chi connectivity index (χ2v) is 6.34. The lowest BCUT2D eigenvalue weighted by atomic mass is 10.1. The number of hydrogen-bond donors (Lipinski definition) is 3. The standard InChI is InChI=1S/C11H16N2O4S/c14-9-2-1-8(5-9)6-13-18(16,17)10-3-4-11(15)12-7-10/h3-4,7-9,13-14H,1-2,5-6H2,(H,12,15). The van der Waals surface area contributed by atoms with Crippen LogP contribution in [0.4, 0.5) is 0 Å². The lowest BCUT2D eigenvalue weighted by molar-refractivity contribution is 0.178. The molecule has 1 heterocycles. The molecule has 3 N–H and O–H groups in total. The lowest BCUT2D eigenvalue weighted by Crippen LogP contribution is -2.29. The Balaban J connectivity index is 1.99. The predicted molar refractivity (Wildman–Crippen MR) is 65.6 cm³/mol. The van der Waals surface area contributed by atoms with Crippen molar-refractivity contribution in [1.29, 1.82) is 0 Å². The first-order valence-electron chi connectivity index (χ1n) is 5.84. The van der Waals surface area contributed by atoms with E-state index < -0.39 is 10.0 Å². The van der Waals surface area contributed by atoms with Crippen LogP contribution >= 0.6 is 0 Å². The second-order valence-electron chi connectivity index (χ2n) is 4.57. The highest BCUT2D eigenvalue weighted by Crippen LogP contribution is 2.24. The number of H-pyrrole nitrogens is 1. The molecule has 1 aliphatic carbocycles. The summed E-state index contributed by atoms with van der Waals surface area (Å²) in [7, 11) is -3.58. The number of aliphatic hydroxyl groups excluding tert-OH is 1. The summed E-state index contributed by atoms with van der Waals surface area (Å²) in [5, 5.41) is 9.36. The Labute approximate surface area is 105 Å². The van der Waals surface area contributed by atoms with E-state index >= 15 is 0 Å². The van der Waals surface area contributed by atoms with Gasteiger partial charge in [-0.25, -0.2) is 13.1 Å². The maximum atomic E-state index is 11.9. The number of rotatable bonds is 4. The molecule has 2 rings (SSSR count). The third-order valence-corrected chi connectivity index (χ3v) is 4.56. The molecule has 2 atom stereocenters. The summed E-state index contributed by atoms with van der Waals surface area (Å²) in [6.07, 6.45) is 3.05. The third kappa shape index (κ3) is 3.18. The lowest BCUT2D eigenvalue weighted by Gasteiger charge is -2.11. The van der Waals surface area contributed by atoms with Crippen molar-refractivity contribution in [2.45, 2.75) is 30.3 Å². The van der Waals surface area contributed by atoms with Crippen LogP contribution in [-0.2, 0) is 10.0 Å². The Hall–Kier alpha value is -1.18. The largest absolute Gasteiger partial charge is 0.393 e. The van der Waals surface area contributed by atoms with Crippen LogP contribution in [0.5, 0.6) is 0 Å². The fraction of sp³-hybridized carbons (Fsp3) is 0.545. The molecular weight excluding hydrogens is 256 g/mol. The summed E-state index contributed by atoms with van der Waals surface area (Å²) in [6.45, 7) is 0.318. The van der Waals surface area contributed by atoms with Gasteiger partial charge >= 0.3 is 0 Å². The average Bonchev–Trinajstić information content (AvgIpc) is 2.73. The van der Waals surface area contributed by atoms with Crippen LogP contribution in [0.1, 0.15) is 19.3 Å². The Kier molecular flexibility index (Phi) is 3.84. The molecule has 1 fully saturated rings. The monoisotopic (exact) mass is 272 g/mol. The topological polar surface area (TPSA) is 99.3 Å². The molecule has 1 saturated carbocycles. The number of aromatic amines is 1. The van der Waals surface area contributed by atoms with Gasteiger partial charge in [0.2, 0.25) is 15.6 Å². The Morgan fingerprint density at radius 3 is 2.72 bits per heavy atom. The van der Waals surface area contributed by atoms with Crippen molar-refractivity contribution in [3.8, 4) is 0 Å². The second kappa shape index (κ2) is 5.21. The summed E-state index contributed by atoms with van der Waals surface area (Å²) in [6, 6.07) is 2.44. The number of hydrogen-bond acceptors (Lipinski definition) is 4. The van der Waals surface area contributed by atoms with Gasteiger partial charge in [-0.2, -0.15) is 0 Å². The van der Waals surface area contributed by atoms with Gasteiger partial charge in [-0.3, -0.25) is 4.79 Å². The molecule has 0 aliphatic heterocycles. The smallest absolute Gasteiger partial charge is 0.247 e. The van der Waals surface area contributed by atoms with Crippen LogP contribution < -0.4 is 10.3 Å². The highest BCUT2D eigenvalue weighted by molar-refractivity contribution is 7.89. The van der Waals surface area contributed by atoms with E-state index in [-0.39, 0.29) is 22.5 Å². The van der Waals surface area contributed by atoms with Crippen molar-refractivity contribution in [2.75, 3.05) is 6.54 Å². The van der Waals surface area contributed by atoms with E-state index in [1.165, 1.54) is 18.3 Å². The van der Waals surface area contributed by atoms with Gasteiger partial charge in [0.1, 0.15) is 0 Å². The molecule has 1 aromatic heterocycles. The molecular formula is C11H16N2O4S. The SMILES string of the molecule is O=c1ccc(S(=O)(=O)NCC2CCC(O)C2)c[nH]1. The van der Waals surface area contributed by atoms with Crippen molar-refractivity contribution in [3.05, 3.63) is 28.7 Å². The number of pyridine rings is 1. The zero-order chi connectivity index (χ0) is 13.2. The average molecular weight is 272 g/mol. The van der Waals surface area contributed by atoms with Gasteiger partial charge in [-0.1, -0.05) is 0 Å². The first-order chi connectivity index (χ1) is 8.47. The van der Waals surface area contributed by atoms with E-state index in [9.17, 15) is 18.3 Å². The van der Waals surface area contributed by atoms with Gasteiger partial charge < -0.3 is 10.1 Å². The van der Waals surface area contributed by atoms with E-state index in [4.69, 9.17) is 0 Å². The molecule has 18 heavy (non-hydrogen) atoms. The quantitative estimate of drug-likeness (QED) is 0.707. The fourth-order valence-corrected chi connectivity index (χ4v) is 3.19. The summed E-state index contributed by atoms with van der Waals surface area (Å²) < 4.78 is 26.3. The summed E-state index contributed by atoms with van der Waals surface area (Å²) in [4.78, 5) is 13.2. The first kappa shape index (κ1) is 13.3. The Morgan fingerprint density at radius 1 is 1.39 bits per heavy atom. The zero-order valence-corrected chi connectivity index (χ0v) is 10.6. The molecule has 2 unspecified atom stereocenters. The fourth-order valence-electron chi connectivity index (χ4n) is 2.11. The molecule has 1 aromatic rings. The number of sulfonamides is 1. The molecule has 6 nitrogen and oxygen atoms in total. The van der Waals surface area contributed by atoms with E-state index in [0.717, 1.165) is 12.8 Å². The molecule has 100 valence electrons. The summed E-state index contributed by atoms with van der Waals surface area (Å²) in [5.41, 5.74) is -0.340. The van der Waals surface area contributed by atoms with E-state index in [2.05, 4.69) is 9.71 Å². The Bertz CT molecular complexity index is 546. The predicted octanol–water partition coefficient (Wildman–Crippen LogP) is -0.186. The normalized spacial score (nSPS) is 24.3. The van der Waals surface area contributed by atoms with Crippen LogP contribution in [-0.4, -0.2) is 31.2 Å². The van der Waals surface area contributed by atoms with Crippen molar-refractivity contribution in [2.24, 2.45) is 5.92 Å². The third-order valence-electron chi connectivity index (χ3n) is 3.14. The van der Waals surface area contributed by atoms with Gasteiger partial charge in [0, 0.05) is 18.8 Å². The summed E-state index contributed by atoms with van der Waals surface area (Å²) in [5.74, 6) is 0.178. The number of aliphatic hydroxyl groups is 1. The molecule has 0 amide bonds. The highest BCUT2D eigenvalue weighted by atomic mass is 32.2. The zero-order valence-electron chi connectivity index (χ0n) is 9.80. The molecule has 0 spiro atoms. The van der Waals surface area contributed by atoms with Crippen molar-refractivity contribution in [3.63, 3.8) is 0 Å². The van der Waals surface area contributed by atoms with Crippen molar-refractivity contribution < 1.29 is 13.5 Å². The van der Waals surface area contributed by atoms with Gasteiger partial charge in [-0.15, -0.1) is 0 Å². The molecule has 7 heteroatoms. The first-order valence-corrected chi connectivity index (χ1v) is 7.32. The Morgan fingerprint density at radius 2 is 2.17 bits per heavy atom. The van der Waals surface area contributed by atoms with Crippen LogP contribution in [0.25, 0.3) is 0 Å². The van der Waals surface area contributed by atoms with Crippen LogP contribution in [0.15, 0.2) is 28.0 Å². The van der Waals surface area contributed by atoms with Gasteiger partial charge in [0.05, 0.1) is 11.0 Å². The highest BCUT2D eigenvalue weighted by Gasteiger charge is 2.24. The minimum atomic E-state index is -3.58. The molecule has 0 radical (unpaired) electrons. The van der Waals surface area contributed by atoms with Crippen LogP contribution in [0.2, 0.25) is 0 Å². The van der Waals surface area contributed by atoms with E-state index in [1.54, 1.807) is 0 Å². The maximum Gasteiger partial charge on any atom is 0.247 e. The number of nitrogens with one attached hydrogen (secondary N) is 2. The summed E-state index contributed by atoms with van der Waals surface area (Å²) >= 11 is 0.